The van der Waals surface area contributed by atoms with Crippen LogP contribution >= 0.6 is 10.7 Å². The summed E-state index contributed by atoms with van der Waals surface area (Å²) in [5.41, 5.74) is 0. The average Bonchev–Trinajstić information content (AvgIpc) is 2.33. The van der Waals surface area contributed by atoms with E-state index < -0.39 is 20.0 Å². The van der Waals surface area contributed by atoms with Gasteiger partial charge in [-0.3, -0.25) is 0 Å². The quantitative estimate of drug-likeness (QED) is 0.383. The summed E-state index contributed by atoms with van der Waals surface area (Å²) >= 11 is 0. The van der Waals surface area contributed by atoms with Gasteiger partial charge in [-0.25, -0.2) is 4.79 Å². The largest absolute Gasteiger partial charge is 0.594 e. The molecule has 0 saturated carbocycles. The van der Waals surface area contributed by atoms with Crippen LogP contribution in [0.3, 0.4) is 0 Å². The first-order chi connectivity index (χ1) is 5.83. The van der Waals surface area contributed by atoms with E-state index >= 15 is 0 Å². The number of hydrogen-bond acceptors (Lipinski definition) is 6. The van der Waals surface area contributed by atoms with Gasteiger partial charge in [-0.05, 0) is 0 Å². The van der Waals surface area contributed by atoms with Crippen LogP contribution in [-0.4, -0.2) is 32.3 Å². The van der Waals surface area contributed by atoms with Gasteiger partial charge in [-0.15, -0.1) is 9.87 Å². The topological polar surface area (TPSA) is 111 Å². The number of hydrogen-bond donors (Lipinski definition) is 1. The maximum absolute atomic E-state index is 11.2. The number of hydroxylamine groups is 2. The van der Waals surface area contributed by atoms with Crippen molar-refractivity contribution in [1.82, 2.24) is 4.72 Å². The van der Waals surface area contributed by atoms with E-state index in [1.807, 2.05) is 0 Å². The monoisotopic (exact) mass is 228 g/mol. The van der Waals surface area contributed by atoms with Crippen molar-refractivity contribution < 1.29 is 18.0 Å². The molecule has 2 amide bonds. The van der Waals surface area contributed by atoms with Gasteiger partial charge in [-0.1, -0.05) is 0 Å². The molecular formula is C3H5ClN4O4S. The molecule has 1 heterocycles. The summed E-state index contributed by atoms with van der Waals surface area (Å²) < 4.78 is 20.3. The highest BCUT2D eigenvalue weighted by Gasteiger charge is 2.34. The highest BCUT2D eigenvalue weighted by molar-refractivity contribution is 8.12. The Morgan fingerprint density at radius 1 is 1.62 bits per heavy atom. The number of nitrogens with zero attached hydrogens (tertiary/aromatic N) is 3. The first-order valence-corrected chi connectivity index (χ1v) is 5.39. The maximum atomic E-state index is 11.2. The van der Waals surface area contributed by atoms with Gasteiger partial charge < -0.3 is 5.21 Å². The van der Waals surface area contributed by atoms with Gasteiger partial charge in [0.2, 0.25) is 0 Å². The molecule has 0 saturated heterocycles. The fourth-order valence-electron chi connectivity index (χ4n) is 0.690. The van der Waals surface area contributed by atoms with E-state index in [0.29, 0.717) is 0 Å². The van der Waals surface area contributed by atoms with Crippen molar-refractivity contribution in [1.29, 1.82) is 0 Å². The predicted octanol–water partition coefficient (Wildman–Crippen LogP) is -0.125. The Bertz CT molecular complexity index is 352. The summed E-state index contributed by atoms with van der Waals surface area (Å²) in [4.78, 5) is 10.9. The number of carbonyl (C=O) groups is 1. The summed E-state index contributed by atoms with van der Waals surface area (Å²) in [5.74, 6) is 0. The zero-order chi connectivity index (χ0) is 10.1. The number of quaternary nitrogens is 1. The zero-order valence-corrected chi connectivity index (χ0v) is 7.75. The van der Waals surface area contributed by atoms with Crippen LogP contribution in [0.2, 0.25) is 0 Å². The number of rotatable bonds is 1. The second-order valence-corrected chi connectivity index (χ2v) is 4.52. The Labute approximate surface area is 77.9 Å². The van der Waals surface area contributed by atoms with E-state index in [4.69, 9.17) is 0 Å². The van der Waals surface area contributed by atoms with E-state index in [9.17, 15) is 18.4 Å². The van der Waals surface area contributed by atoms with Crippen LogP contribution in [0.15, 0.2) is 10.3 Å². The molecule has 1 rings (SSSR count). The molecule has 0 aliphatic carbocycles. The Morgan fingerprint density at radius 2 is 2.23 bits per heavy atom. The van der Waals surface area contributed by atoms with Crippen molar-refractivity contribution in [3.63, 3.8) is 0 Å². The molecule has 0 fully saturated rings. The Kier molecular flexibility index (Phi) is 2.52. The molecule has 13 heavy (non-hydrogen) atoms. The lowest BCUT2D eigenvalue weighted by Crippen LogP contribution is -2.49. The van der Waals surface area contributed by atoms with Crippen LogP contribution in [0.25, 0.3) is 0 Å². The van der Waals surface area contributed by atoms with Gasteiger partial charge in [0.05, 0.1) is 0 Å². The van der Waals surface area contributed by atoms with Gasteiger partial charge in [0, 0.05) is 15.9 Å². The van der Waals surface area contributed by atoms with Gasteiger partial charge in [0.25, 0.3) is 0 Å². The van der Waals surface area contributed by atoms with E-state index in [-0.39, 0.29) is 13.1 Å². The van der Waals surface area contributed by atoms with Crippen molar-refractivity contribution in [2.45, 2.75) is 0 Å². The molecule has 0 aromatic rings. The van der Waals surface area contributed by atoms with Crippen molar-refractivity contribution in [2.75, 3.05) is 13.1 Å². The summed E-state index contributed by atoms with van der Waals surface area (Å²) in [7, 11) is 0.444. The second-order valence-electron chi connectivity index (χ2n) is 2.22. The molecule has 0 aromatic carbocycles. The van der Waals surface area contributed by atoms with Crippen LogP contribution in [0.5, 0.6) is 0 Å². The minimum atomic E-state index is -4.24. The number of carbonyl (C=O) groups excluding carboxylic acids is 1. The third kappa shape index (κ3) is 2.59. The zero-order valence-electron chi connectivity index (χ0n) is 6.18. The van der Waals surface area contributed by atoms with Gasteiger partial charge in [0.1, 0.15) is 13.1 Å². The summed E-state index contributed by atoms with van der Waals surface area (Å²) in [6.07, 6.45) is 0. The lowest BCUT2D eigenvalue weighted by atomic mass is 10.6. The Hall–Kier alpha value is -0.770. The molecule has 1 aliphatic heterocycles. The lowest BCUT2D eigenvalue weighted by Gasteiger charge is -2.25. The summed E-state index contributed by atoms with van der Waals surface area (Å²) in [5, 5.41) is 17.5. The van der Waals surface area contributed by atoms with Crippen molar-refractivity contribution in [3.05, 3.63) is 5.21 Å². The third-order valence-corrected chi connectivity index (χ3v) is 1.89. The maximum Gasteiger partial charge on any atom is 0.459 e. The molecule has 10 heteroatoms. The molecule has 1 atom stereocenters. The Balaban J connectivity index is 2.74. The molecule has 0 aromatic heterocycles. The summed E-state index contributed by atoms with van der Waals surface area (Å²) in [6, 6.07) is -1.36. The summed E-state index contributed by atoms with van der Waals surface area (Å²) in [6.45, 7) is -0.141. The smallest absolute Gasteiger partial charge is 0.459 e. The first-order valence-electron chi connectivity index (χ1n) is 3.08. The molecule has 74 valence electrons. The van der Waals surface area contributed by atoms with Crippen molar-refractivity contribution in [3.8, 4) is 0 Å². The van der Waals surface area contributed by atoms with Crippen molar-refractivity contribution >= 4 is 26.0 Å². The van der Waals surface area contributed by atoms with Gasteiger partial charge in [-0.2, -0.15) is 13.1 Å². The SMILES string of the molecule is O=C(NS(=O)(=O)Cl)[N+]1([O-])CCN=N1. The molecule has 0 radical (unpaired) electrons. The van der Waals surface area contributed by atoms with Gasteiger partial charge >= 0.3 is 15.3 Å². The van der Waals surface area contributed by atoms with E-state index in [1.54, 1.807) is 0 Å². The molecule has 8 nitrogen and oxygen atoms in total. The number of amides is 2. The lowest BCUT2D eigenvalue weighted by molar-refractivity contribution is -0.799. The number of nitrogens with one attached hydrogen (secondary N) is 1. The highest BCUT2D eigenvalue weighted by atomic mass is 35.7. The van der Waals surface area contributed by atoms with Gasteiger partial charge in [0.15, 0.2) is 0 Å². The normalized spacial score (nSPS) is 27.5. The van der Waals surface area contributed by atoms with E-state index in [0.717, 1.165) is 0 Å². The minimum Gasteiger partial charge on any atom is -0.594 e. The molecule has 0 bridgehead atoms. The average molecular weight is 229 g/mol. The molecule has 1 unspecified atom stereocenters. The number of halogens is 1. The highest BCUT2D eigenvalue weighted by Crippen LogP contribution is 2.13. The van der Waals surface area contributed by atoms with Crippen molar-refractivity contribution in [2.24, 2.45) is 10.3 Å². The number of urea groups is 1. The van der Waals surface area contributed by atoms with E-state index in [1.165, 1.54) is 4.72 Å². The van der Waals surface area contributed by atoms with Crippen LogP contribution in [0, 0.1) is 5.21 Å². The second kappa shape index (κ2) is 3.18. The predicted molar refractivity (Wildman–Crippen MR) is 41.5 cm³/mol. The molecular weight excluding hydrogens is 224 g/mol. The van der Waals surface area contributed by atoms with E-state index in [2.05, 4.69) is 21.0 Å². The fourth-order valence-corrected chi connectivity index (χ4v) is 1.24. The van der Waals surface area contributed by atoms with Crippen LogP contribution < -0.4 is 4.72 Å². The molecule has 1 N–H and O–H groups in total. The minimum absolute atomic E-state index is 0.0826. The van der Waals surface area contributed by atoms with Crippen LogP contribution in [0.1, 0.15) is 0 Å². The molecule has 1 aliphatic rings. The fraction of sp³-hybridized carbons (Fsp3) is 0.667. The Morgan fingerprint density at radius 3 is 2.62 bits per heavy atom. The standard InChI is InChI=1S/C3H5ClN4O4S/c4-13(11,12)6-3(9)8(10)2-1-5-7-8/h1-2H2,(H,6,9). The third-order valence-electron chi connectivity index (χ3n) is 1.24. The first kappa shape index (κ1) is 10.3. The van der Waals surface area contributed by atoms with Crippen LogP contribution in [-0.2, 0) is 9.24 Å². The molecule has 0 spiro atoms. The van der Waals surface area contributed by atoms with Crippen LogP contribution in [0.4, 0.5) is 4.79 Å².